The highest BCUT2D eigenvalue weighted by atomic mass is 35.5. The van der Waals surface area contributed by atoms with Crippen molar-refractivity contribution < 1.29 is 9.59 Å². The Balaban J connectivity index is 1.48. The molecule has 0 aliphatic rings. The number of para-hydroxylation sites is 1. The lowest BCUT2D eigenvalue weighted by molar-refractivity contribution is -0.115. The molecule has 0 aliphatic carbocycles. The minimum Gasteiger partial charge on any atom is -0.343 e. The highest BCUT2D eigenvalue weighted by Gasteiger charge is 2.15. The second-order valence-electron chi connectivity index (χ2n) is 6.80. The van der Waals surface area contributed by atoms with Crippen LogP contribution in [0.1, 0.15) is 16.1 Å². The summed E-state index contributed by atoms with van der Waals surface area (Å²) in [6.45, 7) is 1.57. The van der Waals surface area contributed by atoms with Crippen LogP contribution in [0.3, 0.4) is 0 Å². The van der Waals surface area contributed by atoms with E-state index in [1.54, 1.807) is 16.8 Å². The van der Waals surface area contributed by atoms with Gasteiger partial charge in [-0.2, -0.15) is 9.78 Å². The number of aryl methyl sites for hydroxylation is 1. The smallest absolute Gasteiger partial charge is 0.253 e. The van der Waals surface area contributed by atoms with E-state index >= 15 is 0 Å². The number of pyridine rings is 1. The van der Waals surface area contributed by atoms with Gasteiger partial charge in [-0.3, -0.25) is 9.59 Å². The van der Waals surface area contributed by atoms with Gasteiger partial charge in [0.1, 0.15) is 5.82 Å². The van der Waals surface area contributed by atoms with Crippen molar-refractivity contribution in [2.75, 3.05) is 11.9 Å². The lowest BCUT2D eigenvalue weighted by Crippen LogP contribution is -2.33. The fourth-order valence-corrected chi connectivity index (χ4v) is 3.55. The molecule has 0 unspecified atom stereocenters. The summed E-state index contributed by atoms with van der Waals surface area (Å²) in [6, 6.07) is 17.8. The van der Waals surface area contributed by atoms with Crippen LogP contribution in [-0.4, -0.2) is 33.1 Å². The van der Waals surface area contributed by atoms with Crippen molar-refractivity contribution >= 4 is 51.7 Å². The number of carbonyl (C=O) groups is 2. The van der Waals surface area contributed by atoms with E-state index in [-0.39, 0.29) is 17.1 Å². The molecular formula is C22H17Cl2N5O2. The van der Waals surface area contributed by atoms with Crippen molar-refractivity contribution in [3.8, 4) is 5.82 Å². The van der Waals surface area contributed by atoms with Crippen molar-refractivity contribution in [1.29, 1.82) is 0 Å². The van der Waals surface area contributed by atoms with Crippen LogP contribution in [-0.2, 0) is 4.79 Å². The number of hydrogen-bond donors (Lipinski definition) is 2. The third-order valence-corrected chi connectivity index (χ3v) is 5.03. The van der Waals surface area contributed by atoms with Gasteiger partial charge in [0.25, 0.3) is 5.91 Å². The summed E-state index contributed by atoms with van der Waals surface area (Å²) in [5.74, 6) is 0.126. The Kier molecular flexibility index (Phi) is 5.88. The first kappa shape index (κ1) is 20.8. The summed E-state index contributed by atoms with van der Waals surface area (Å²) in [6.07, 6.45) is 0. The molecule has 156 valence electrons. The molecule has 0 saturated heterocycles. The summed E-state index contributed by atoms with van der Waals surface area (Å²) < 4.78 is 1.55. The van der Waals surface area contributed by atoms with Gasteiger partial charge in [0.05, 0.1) is 28.3 Å². The Morgan fingerprint density at radius 1 is 1.03 bits per heavy atom. The van der Waals surface area contributed by atoms with Crippen LogP contribution in [0.15, 0.2) is 60.7 Å². The number of nitrogens with one attached hydrogen (secondary N) is 2. The first-order chi connectivity index (χ1) is 14.9. The van der Waals surface area contributed by atoms with Crippen LogP contribution in [0, 0.1) is 6.92 Å². The highest BCUT2D eigenvalue weighted by Crippen LogP contribution is 2.21. The second-order valence-corrected chi connectivity index (χ2v) is 7.64. The Bertz CT molecular complexity index is 1300. The van der Waals surface area contributed by atoms with Gasteiger partial charge < -0.3 is 10.6 Å². The maximum atomic E-state index is 12.5. The third-order valence-electron chi connectivity index (χ3n) is 4.49. The molecule has 0 saturated carbocycles. The number of halogens is 2. The molecule has 4 aromatic rings. The molecule has 2 N–H and O–H groups in total. The molecule has 0 atom stereocenters. The Labute approximate surface area is 188 Å². The summed E-state index contributed by atoms with van der Waals surface area (Å²) >= 11 is 11.9. The van der Waals surface area contributed by atoms with Gasteiger partial charge in [-0.25, -0.2) is 4.98 Å². The number of benzene rings is 2. The van der Waals surface area contributed by atoms with E-state index in [9.17, 15) is 9.59 Å². The maximum Gasteiger partial charge on any atom is 0.253 e. The van der Waals surface area contributed by atoms with Gasteiger partial charge in [0, 0.05) is 16.5 Å². The lowest BCUT2D eigenvalue weighted by atomic mass is 10.2. The molecule has 2 heterocycles. The minimum absolute atomic E-state index is 0.210. The SMILES string of the molecule is Cc1cc(NC(=O)CNC(=O)c2ccc(Cl)cc2Cl)n(-c2ccc3ccccc3n2)n1. The van der Waals surface area contributed by atoms with Crippen LogP contribution in [0.25, 0.3) is 16.7 Å². The average molecular weight is 454 g/mol. The minimum atomic E-state index is -0.474. The highest BCUT2D eigenvalue weighted by molar-refractivity contribution is 6.36. The van der Waals surface area contributed by atoms with Gasteiger partial charge in [0.2, 0.25) is 5.91 Å². The maximum absolute atomic E-state index is 12.5. The number of fused-ring (bicyclic) bond motifs is 1. The molecule has 9 heteroatoms. The molecule has 0 radical (unpaired) electrons. The Hall–Kier alpha value is -3.42. The van der Waals surface area contributed by atoms with E-state index in [0.717, 1.165) is 10.9 Å². The van der Waals surface area contributed by atoms with Crippen LogP contribution in [0.2, 0.25) is 10.0 Å². The predicted molar refractivity (Wildman–Crippen MR) is 121 cm³/mol. The van der Waals surface area contributed by atoms with Crippen molar-refractivity contribution in [3.63, 3.8) is 0 Å². The zero-order valence-corrected chi connectivity index (χ0v) is 17.9. The Morgan fingerprint density at radius 3 is 2.65 bits per heavy atom. The van der Waals surface area contributed by atoms with Gasteiger partial charge in [-0.05, 0) is 43.3 Å². The summed E-state index contributed by atoms with van der Waals surface area (Å²) in [5, 5.41) is 11.4. The van der Waals surface area contributed by atoms with Crippen molar-refractivity contribution in [2.45, 2.75) is 6.92 Å². The number of aromatic nitrogens is 3. The fourth-order valence-electron chi connectivity index (χ4n) is 3.05. The van der Waals surface area contributed by atoms with E-state index in [2.05, 4.69) is 20.7 Å². The number of hydrogen-bond acceptors (Lipinski definition) is 4. The molecule has 7 nitrogen and oxygen atoms in total. The molecule has 31 heavy (non-hydrogen) atoms. The fraction of sp³-hybridized carbons (Fsp3) is 0.0909. The number of carbonyl (C=O) groups excluding carboxylic acids is 2. The van der Waals surface area contributed by atoms with Crippen LogP contribution < -0.4 is 10.6 Å². The van der Waals surface area contributed by atoms with E-state index in [1.807, 2.05) is 43.3 Å². The first-order valence-electron chi connectivity index (χ1n) is 9.36. The van der Waals surface area contributed by atoms with Gasteiger partial charge in [-0.15, -0.1) is 0 Å². The predicted octanol–water partition coefficient (Wildman–Crippen LogP) is 4.40. The molecular weight excluding hydrogens is 437 g/mol. The van der Waals surface area contributed by atoms with E-state index in [0.29, 0.717) is 22.4 Å². The van der Waals surface area contributed by atoms with Crippen LogP contribution in [0.4, 0.5) is 5.82 Å². The third kappa shape index (κ3) is 4.68. The quantitative estimate of drug-likeness (QED) is 0.468. The van der Waals surface area contributed by atoms with Gasteiger partial charge in [-0.1, -0.05) is 41.4 Å². The molecule has 0 bridgehead atoms. The summed E-state index contributed by atoms with van der Waals surface area (Å²) in [5.41, 5.74) is 1.76. The number of nitrogens with zero attached hydrogens (tertiary/aromatic N) is 3. The monoisotopic (exact) mass is 453 g/mol. The standard InChI is InChI=1S/C22H17Cl2N5O2/c1-13-10-20(29(28-13)19-9-6-14-4-2-3-5-18(14)26-19)27-21(30)12-25-22(31)16-8-7-15(23)11-17(16)24/h2-11H,12H2,1H3,(H,25,31)(H,27,30). The molecule has 4 rings (SSSR count). The summed E-state index contributed by atoms with van der Waals surface area (Å²) in [4.78, 5) is 29.4. The van der Waals surface area contributed by atoms with Gasteiger partial charge >= 0.3 is 0 Å². The molecule has 2 aromatic carbocycles. The molecule has 0 spiro atoms. The van der Waals surface area contributed by atoms with E-state index in [4.69, 9.17) is 23.2 Å². The second kappa shape index (κ2) is 8.75. The van der Waals surface area contributed by atoms with Crippen molar-refractivity contribution in [2.24, 2.45) is 0 Å². The van der Waals surface area contributed by atoms with Crippen molar-refractivity contribution in [1.82, 2.24) is 20.1 Å². The van der Waals surface area contributed by atoms with Crippen molar-refractivity contribution in [3.05, 3.63) is 82.0 Å². The molecule has 0 fully saturated rings. The number of amides is 2. The summed E-state index contributed by atoms with van der Waals surface area (Å²) in [7, 11) is 0. The number of rotatable bonds is 5. The first-order valence-corrected chi connectivity index (χ1v) is 10.1. The van der Waals surface area contributed by atoms with Crippen LogP contribution >= 0.6 is 23.2 Å². The van der Waals surface area contributed by atoms with E-state index < -0.39 is 11.8 Å². The topological polar surface area (TPSA) is 88.9 Å². The zero-order valence-electron chi connectivity index (χ0n) is 16.4. The number of anilines is 1. The van der Waals surface area contributed by atoms with E-state index in [1.165, 1.54) is 12.1 Å². The lowest BCUT2D eigenvalue weighted by Gasteiger charge is -2.10. The Morgan fingerprint density at radius 2 is 1.84 bits per heavy atom. The largest absolute Gasteiger partial charge is 0.343 e. The van der Waals surface area contributed by atoms with Gasteiger partial charge in [0.15, 0.2) is 5.82 Å². The molecule has 0 aliphatic heterocycles. The zero-order chi connectivity index (χ0) is 22.0. The average Bonchev–Trinajstić information content (AvgIpc) is 3.11. The molecule has 2 aromatic heterocycles. The van der Waals surface area contributed by atoms with Crippen LogP contribution in [0.5, 0.6) is 0 Å². The normalized spacial score (nSPS) is 10.8. The molecule has 2 amide bonds.